The van der Waals surface area contributed by atoms with Crippen molar-refractivity contribution in [1.82, 2.24) is 14.5 Å². The quantitative estimate of drug-likeness (QED) is 0.840. The molecule has 0 radical (unpaired) electrons. The zero-order valence-electron chi connectivity index (χ0n) is 12.7. The smallest absolute Gasteiger partial charge is 0.140 e. The Kier molecular flexibility index (Phi) is 3.28. The van der Waals surface area contributed by atoms with Crippen LogP contribution in [-0.4, -0.2) is 28.5 Å². The van der Waals surface area contributed by atoms with Crippen molar-refractivity contribution >= 4 is 16.7 Å². The van der Waals surface area contributed by atoms with E-state index in [1.807, 2.05) is 0 Å². The minimum absolute atomic E-state index is 0.577. The van der Waals surface area contributed by atoms with Gasteiger partial charge in [0.05, 0.1) is 11.4 Å². The highest BCUT2D eigenvalue weighted by molar-refractivity contribution is 5.82. The minimum atomic E-state index is 0.577. The molecule has 0 unspecified atom stereocenters. The Bertz CT molecular complexity index is 646. The highest BCUT2D eigenvalue weighted by Crippen LogP contribution is 2.36. The molecule has 3 rings (SSSR count). The fourth-order valence-corrected chi connectivity index (χ4v) is 3.17. The molecule has 3 heteroatoms. The first-order valence-corrected chi connectivity index (χ1v) is 7.43. The molecule has 0 atom stereocenters. The second kappa shape index (κ2) is 4.97. The molecule has 0 aromatic carbocycles. The van der Waals surface area contributed by atoms with E-state index in [1.54, 1.807) is 0 Å². The number of pyridine rings is 1. The van der Waals surface area contributed by atoms with Crippen LogP contribution in [0.3, 0.4) is 0 Å². The van der Waals surface area contributed by atoms with Crippen LogP contribution in [0.4, 0.5) is 0 Å². The SMILES string of the molecule is C=C(c1cc2ccc(C)nc2n1C1CCCC1)N(C)C. The van der Waals surface area contributed by atoms with E-state index >= 15 is 0 Å². The summed E-state index contributed by atoms with van der Waals surface area (Å²) in [4.78, 5) is 6.88. The van der Waals surface area contributed by atoms with Crippen LogP contribution in [0.1, 0.15) is 43.1 Å². The zero-order valence-corrected chi connectivity index (χ0v) is 12.7. The van der Waals surface area contributed by atoms with Gasteiger partial charge in [0.2, 0.25) is 0 Å². The highest BCUT2D eigenvalue weighted by atomic mass is 15.1. The molecule has 1 fully saturated rings. The van der Waals surface area contributed by atoms with Crippen LogP contribution in [0, 0.1) is 6.92 Å². The van der Waals surface area contributed by atoms with Gasteiger partial charge in [0.25, 0.3) is 0 Å². The molecule has 106 valence electrons. The van der Waals surface area contributed by atoms with E-state index in [0.717, 1.165) is 17.0 Å². The summed E-state index contributed by atoms with van der Waals surface area (Å²) in [5, 5.41) is 1.22. The monoisotopic (exact) mass is 269 g/mol. The lowest BCUT2D eigenvalue weighted by Crippen LogP contribution is -2.15. The third-order valence-electron chi connectivity index (χ3n) is 4.35. The number of aromatic nitrogens is 2. The molecule has 3 nitrogen and oxygen atoms in total. The van der Waals surface area contributed by atoms with E-state index in [4.69, 9.17) is 4.98 Å². The lowest BCUT2D eigenvalue weighted by molar-refractivity contribution is 0.512. The second-order valence-electron chi connectivity index (χ2n) is 6.04. The number of aryl methyl sites for hydroxylation is 1. The van der Waals surface area contributed by atoms with E-state index in [9.17, 15) is 0 Å². The predicted octanol–water partition coefficient (Wildman–Crippen LogP) is 3.99. The minimum Gasteiger partial charge on any atom is -0.376 e. The van der Waals surface area contributed by atoms with Crippen molar-refractivity contribution in [2.75, 3.05) is 14.1 Å². The summed E-state index contributed by atoms with van der Waals surface area (Å²) in [6.07, 6.45) is 5.16. The Labute approximate surface area is 120 Å². The summed E-state index contributed by atoms with van der Waals surface area (Å²) < 4.78 is 2.43. The van der Waals surface area contributed by atoms with E-state index in [1.165, 1.54) is 36.8 Å². The van der Waals surface area contributed by atoms with Crippen LogP contribution < -0.4 is 0 Å². The average molecular weight is 269 g/mol. The molecule has 0 bridgehead atoms. The molecule has 1 saturated carbocycles. The third kappa shape index (κ3) is 2.11. The van der Waals surface area contributed by atoms with Crippen LogP contribution >= 0.6 is 0 Å². The Balaban J connectivity index is 2.22. The largest absolute Gasteiger partial charge is 0.376 e. The van der Waals surface area contributed by atoms with Crippen LogP contribution in [0.2, 0.25) is 0 Å². The summed E-state index contributed by atoms with van der Waals surface area (Å²) in [5.74, 6) is 0. The molecular formula is C17H23N3. The van der Waals surface area contributed by atoms with Crippen LogP contribution in [0.25, 0.3) is 16.7 Å². The van der Waals surface area contributed by atoms with Crippen molar-refractivity contribution in [1.29, 1.82) is 0 Å². The van der Waals surface area contributed by atoms with E-state index < -0.39 is 0 Å². The molecule has 0 amide bonds. The van der Waals surface area contributed by atoms with Crippen molar-refractivity contribution in [3.63, 3.8) is 0 Å². The third-order valence-corrected chi connectivity index (χ3v) is 4.35. The van der Waals surface area contributed by atoms with Gasteiger partial charge in [-0.3, -0.25) is 0 Å². The first kappa shape index (κ1) is 13.2. The van der Waals surface area contributed by atoms with Crippen molar-refractivity contribution < 1.29 is 0 Å². The lowest BCUT2D eigenvalue weighted by Gasteiger charge is -2.22. The van der Waals surface area contributed by atoms with E-state index in [-0.39, 0.29) is 0 Å². The molecule has 2 heterocycles. The molecule has 0 N–H and O–H groups in total. The molecule has 20 heavy (non-hydrogen) atoms. The van der Waals surface area contributed by atoms with Gasteiger partial charge >= 0.3 is 0 Å². The Morgan fingerprint density at radius 1 is 1.30 bits per heavy atom. The summed E-state index contributed by atoms with van der Waals surface area (Å²) >= 11 is 0. The summed E-state index contributed by atoms with van der Waals surface area (Å²) in [5.41, 5.74) is 4.48. The average Bonchev–Trinajstić information content (AvgIpc) is 3.03. The maximum absolute atomic E-state index is 4.79. The summed E-state index contributed by atoms with van der Waals surface area (Å²) in [7, 11) is 4.11. The molecular weight excluding hydrogens is 246 g/mol. The number of rotatable bonds is 3. The van der Waals surface area contributed by atoms with Crippen LogP contribution in [-0.2, 0) is 0 Å². The number of fused-ring (bicyclic) bond motifs is 1. The first-order valence-electron chi connectivity index (χ1n) is 7.43. The van der Waals surface area contributed by atoms with Gasteiger partial charge in [-0.15, -0.1) is 0 Å². The van der Waals surface area contributed by atoms with E-state index in [0.29, 0.717) is 6.04 Å². The summed E-state index contributed by atoms with van der Waals surface area (Å²) in [6, 6.07) is 7.08. The highest BCUT2D eigenvalue weighted by Gasteiger charge is 2.23. The topological polar surface area (TPSA) is 21.1 Å². The first-order chi connectivity index (χ1) is 9.58. The van der Waals surface area contributed by atoms with E-state index in [2.05, 4.69) is 55.3 Å². The zero-order chi connectivity index (χ0) is 14.3. The van der Waals surface area contributed by atoms with Crippen molar-refractivity contribution in [2.24, 2.45) is 0 Å². The summed E-state index contributed by atoms with van der Waals surface area (Å²) in [6.45, 7) is 6.31. The standard InChI is InChI=1S/C17H23N3/c1-12-9-10-14-11-16(13(2)19(3)4)20(17(14)18-12)15-7-5-6-8-15/h9-11,15H,2,5-8H2,1,3-4H3. The fraction of sp³-hybridized carbons (Fsp3) is 0.471. The molecule has 0 saturated heterocycles. The molecule has 2 aromatic heterocycles. The second-order valence-corrected chi connectivity index (χ2v) is 6.04. The lowest BCUT2D eigenvalue weighted by atomic mass is 10.2. The van der Waals surface area contributed by atoms with Gasteiger partial charge in [-0.25, -0.2) is 4.98 Å². The molecule has 1 aliphatic rings. The molecule has 1 aliphatic carbocycles. The van der Waals surface area contributed by atoms with Crippen molar-refractivity contribution in [2.45, 2.75) is 38.6 Å². The molecule has 0 spiro atoms. The van der Waals surface area contributed by atoms with Gasteiger partial charge in [0, 0.05) is 31.2 Å². The van der Waals surface area contributed by atoms with Gasteiger partial charge in [-0.2, -0.15) is 0 Å². The van der Waals surface area contributed by atoms with Gasteiger partial charge in [0.15, 0.2) is 0 Å². The fourth-order valence-electron chi connectivity index (χ4n) is 3.17. The maximum Gasteiger partial charge on any atom is 0.140 e. The van der Waals surface area contributed by atoms with Crippen molar-refractivity contribution in [3.8, 4) is 0 Å². The van der Waals surface area contributed by atoms with Gasteiger partial charge in [-0.05, 0) is 38.0 Å². The van der Waals surface area contributed by atoms with Crippen molar-refractivity contribution in [3.05, 3.63) is 36.2 Å². The number of hydrogen-bond acceptors (Lipinski definition) is 2. The Morgan fingerprint density at radius 3 is 2.65 bits per heavy atom. The molecule has 2 aromatic rings. The number of nitrogens with zero attached hydrogens (tertiary/aromatic N) is 3. The van der Waals surface area contributed by atoms with Crippen LogP contribution in [0.5, 0.6) is 0 Å². The van der Waals surface area contributed by atoms with Crippen LogP contribution in [0.15, 0.2) is 24.8 Å². The molecule has 0 aliphatic heterocycles. The predicted molar refractivity (Wildman–Crippen MR) is 84.7 cm³/mol. The maximum atomic E-state index is 4.79. The normalized spacial score (nSPS) is 15.9. The van der Waals surface area contributed by atoms with Gasteiger partial charge in [0.1, 0.15) is 5.65 Å². The Hall–Kier alpha value is -1.77. The Morgan fingerprint density at radius 2 is 2.00 bits per heavy atom. The van der Waals surface area contributed by atoms with Gasteiger partial charge < -0.3 is 9.47 Å². The number of hydrogen-bond donors (Lipinski definition) is 0. The van der Waals surface area contributed by atoms with Gasteiger partial charge in [-0.1, -0.05) is 19.4 Å².